The van der Waals surface area contributed by atoms with Gasteiger partial charge in [-0.25, -0.2) is 4.39 Å². The predicted molar refractivity (Wildman–Crippen MR) is 90.4 cm³/mol. The zero-order valence-electron chi connectivity index (χ0n) is 14.3. The molecule has 7 heteroatoms. The molecule has 1 N–H and O–H groups in total. The molecule has 1 fully saturated rings. The average molecular weight is 344 g/mol. The Kier molecular flexibility index (Phi) is 4.83. The quantitative estimate of drug-likeness (QED) is 0.924. The largest absolute Gasteiger partial charge is 0.345 e. The molecule has 1 atom stereocenters. The van der Waals surface area contributed by atoms with Crippen LogP contribution in [0.1, 0.15) is 40.5 Å². The van der Waals surface area contributed by atoms with Gasteiger partial charge in [0.15, 0.2) is 0 Å². The van der Waals surface area contributed by atoms with Crippen molar-refractivity contribution in [3.63, 3.8) is 0 Å². The number of nitrogens with one attached hydrogen (secondary N) is 1. The molecule has 1 aromatic carbocycles. The molecule has 1 aliphatic heterocycles. The summed E-state index contributed by atoms with van der Waals surface area (Å²) in [5, 5.41) is 6.89. The van der Waals surface area contributed by atoms with E-state index >= 15 is 0 Å². The number of halogens is 1. The number of likely N-dealkylation sites (tertiary alicyclic amines) is 1. The molecule has 2 aromatic rings. The normalized spacial score (nSPS) is 16.9. The van der Waals surface area contributed by atoms with Crippen LogP contribution in [0.5, 0.6) is 0 Å². The third-order valence-electron chi connectivity index (χ3n) is 4.46. The molecule has 3 rings (SSSR count). The minimum Gasteiger partial charge on any atom is -0.345 e. The van der Waals surface area contributed by atoms with Crippen molar-refractivity contribution in [1.82, 2.24) is 20.0 Å². The topological polar surface area (TPSA) is 69.3 Å². The highest BCUT2D eigenvalue weighted by atomic mass is 19.1. The standard InChI is InChI=1S/C18H21FN4O2/c1-22(2)18(25)14-11-20-21-17(14)15-7-4-8-23(15)16(24)10-12-5-3-6-13(19)9-12/h3,5-6,9,11,15H,4,7-8,10H2,1-2H3,(H,20,21)/t15-/m0/s1. The summed E-state index contributed by atoms with van der Waals surface area (Å²) >= 11 is 0. The number of aromatic nitrogens is 2. The van der Waals surface area contributed by atoms with Crippen molar-refractivity contribution in [2.24, 2.45) is 0 Å². The maximum Gasteiger partial charge on any atom is 0.256 e. The maximum atomic E-state index is 13.3. The zero-order valence-corrected chi connectivity index (χ0v) is 14.3. The van der Waals surface area contributed by atoms with Crippen LogP contribution in [0.4, 0.5) is 4.39 Å². The summed E-state index contributed by atoms with van der Waals surface area (Å²) < 4.78 is 13.3. The summed E-state index contributed by atoms with van der Waals surface area (Å²) in [6, 6.07) is 5.87. The van der Waals surface area contributed by atoms with Gasteiger partial charge in [0, 0.05) is 20.6 Å². The lowest BCUT2D eigenvalue weighted by Crippen LogP contribution is -2.33. The molecule has 0 bridgehead atoms. The number of carbonyl (C=O) groups is 2. The first-order chi connectivity index (χ1) is 12.0. The van der Waals surface area contributed by atoms with E-state index in [-0.39, 0.29) is 30.1 Å². The fraction of sp³-hybridized carbons (Fsp3) is 0.389. The molecule has 0 aliphatic carbocycles. The molecule has 0 radical (unpaired) electrons. The second kappa shape index (κ2) is 7.04. The molecule has 0 saturated carbocycles. The van der Waals surface area contributed by atoms with Gasteiger partial charge in [-0.05, 0) is 30.5 Å². The van der Waals surface area contributed by atoms with Crippen molar-refractivity contribution < 1.29 is 14.0 Å². The van der Waals surface area contributed by atoms with Crippen LogP contribution in [0.15, 0.2) is 30.5 Å². The van der Waals surface area contributed by atoms with Crippen LogP contribution >= 0.6 is 0 Å². The molecular formula is C18H21FN4O2. The summed E-state index contributed by atoms with van der Waals surface area (Å²) in [4.78, 5) is 28.3. The lowest BCUT2D eigenvalue weighted by Gasteiger charge is -2.25. The first-order valence-corrected chi connectivity index (χ1v) is 8.26. The van der Waals surface area contributed by atoms with E-state index in [0.29, 0.717) is 23.4 Å². The van der Waals surface area contributed by atoms with Gasteiger partial charge in [-0.2, -0.15) is 5.10 Å². The van der Waals surface area contributed by atoms with Crippen molar-refractivity contribution in [3.05, 3.63) is 53.1 Å². The summed E-state index contributed by atoms with van der Waals surface area (Å²) in [6.07, 6.45) is 3.27. The summed E-state index contributed by atoms with van der Waals surface area (Å²) in [5.74, 6) is -0.574. The Labute approximate surface area is 145 Å². The highest BCUT2D eigenvalue weighted by Crippen LogP contribution is 2.33. The highest BCUT2D eigenvalue weighted by molar-refractivity contribution is 5.95. The van der Waals surface area contributed by atoms with E-state index < -0.39 is 0 Å². The van der Waals surface area contributed by atoms with Gasteiger partial charge in [-0.3, -0.25) is 14.7 Å². The van der Waals surface area contributed by atoms with Gasteiger partial charge in [-0.15, -0.1) is 0 Å². The lowest BCUT2D eigenvalue weighted by atomic mass is 10.1. The van der Waals surface area contributed by atoms with E-state index in [4.69, 9.17) is 0 Å². The van der Waals surface area contributed by atoms with Crippen LogP contribution < -0.4 is 0 Å². The third kappa shape index (κ3) is 3.55. The molecule has 25 heavy (non-hydrogen) atoms. The summed E-state index contributed by atoms with van der Waals surface area (Å²) in [7, 11) is 3.36. The van der Waals surface area contributed by atoms with E-state index in [0.717, 1.165) is 12.8 Å². The second-order valence-corrected chi connectivity index (χ2v) is 6.45. The van der Waals surface area contributed by atoms with Crippen molar-refractivity contribution in [2.75, 3.05) is 20.6 Å². The van der Waals surface area contributed by atoms with E-state index in [1.807, 2.05) is 0 Å². The van der Waals surface area contributed by atoms with E-state index in [1.165, 1.54) is 23.2 Å². The van der Waals surface area contributed by atoms with Crippen molar-refractivity contribution in [3.8, 4) is 0 Å². The molecule has 2 amide bonds. The Morgan fingerprint density at radius 1 is 1.40 bits per heavy atom. The molecule has 1 saturated heterocycles. The van der Waals surface area contributed by atoms with Crippen molar-refractivity contribution in [2.45, 2.75) is 25.3 Å². The number of aromatic amines is 1. The van der Waals surface area contributed by atoms with Gasteiger partial charge < -0.3 is 9.80 Å². The number of H-pyrrole nitrogens is 1. The Balaban J connectivity index is 1.80. The van der Waals surface area contributed by atoms with Crippen LogP contribution in [0.25, 0.3) is 0 Å². The SMILES string of the molecule is CN(C)C(=O)c1cn[nH]c1[C@@H]1CCCN1C(=O)Cc1cccc(F)c1. The van der Waals surface area contributed by atoms with Gasteiger partial charge in [0.2, 0.25) is 5.91 Å². The first-order valence-electron chi connectivity index (χ1n) is 8.26. The minimum absolute atomic E-state index is 0.0778. The van der Waals surface area contributed by atoms with Crippen molar-refractivity contribution in [1.29, 1.82) is 0 Å². The monoisotopic (exact) mass is 344 g/mol. The molecule has 2 heterocycles. The summed E-state index contributed by atoms with van der Waals surface area (Å²) in [5.41, 5.74) is 1.80. The number of hydrogen-bond donors (Lipinski definition) is 1. The number of carbonyl (C=O) groups excluding carboxylic acids is 2. The van der Waals surface area contributed by atoms with Crippen LogP contribution in [0.2, 0.25) is 0 Å². The van der Waals surface area contributed by atoms with Crippen molar-refractivity contribution >= 4 is 11.8 Å². The van der Waals surface area contributed by atoms with Crippen LogP contribution in [0.3, 0.4) is 0 Å². The van der Waals surface area contributed by atoms with Gasteiger partial charge >= 0.3 is 0 Å². The van der Waals surface area contributed by atoms with Gasteiger partial charge in [0.25, 0.3) is 5.91 Å². The average Bonchev–Trinajstić information content (AvgIpc) is 3.22. The number of nitrogens with zero attached hydrogens (tertiary/aromatic N) is 3. The fourth-order valence-electron chi connectivity index (χ4n) is 3.25. The number of amides is 2. The van der Waals surface area contributed by atoms with E-state index in [9.17, 15) is 14.0 Å². The molecular weight excluding hydrogens is 323 g/mol. The first kappa shape index (κ1) is 17.1. The van der Waals surface area contributed by atoms with E-state index in [1.54, 1.807) is 31.1 Å². The van der Waals surface area contributed by atoms with E-state index in [2.05, 4.69) is 10.2 Å². The number of rotatable bonds is 4. The number of benzene rings is 1. The number of hydrogen-bond acceptors (Lipinski definition) is 3. The van der Waals surface area contributed by atoms with Crippen LogP contribution in [0, 0.1) is 5.82 Å². The molecule has 132 valence electrons. The molecule has 0 spiro atoms. The zero-order chi connectivity index (χ0) is 18.0. The van der Waals surface area contributed by atoms with Crippen LogP contribution in [-0.4, -0.2) is 52.5 Å². The molecule has 0 unspecified atom stereocenters. The Morgan fingerprint density at radius 3 is 2.92 bits per heavy atom. The molecule has 6 nitrogen and oxygen atoms in total. The van der Waals surface area contributed by atoms with Gasteiger partial charge in [0.05, 0.1) is 29.9 Å². The maximum absolute atomic E-state index is 13.3. The molecule has 1 aliphatic rings. The van der Waals surface area contributed by atoms with Gasteiger partial charge in [0.1, 0.15) is 5.82 Å². The Bertz CT molecular complexity index is 787. The Hall–Kier alpha value is -2.70. The van der Waals surface area contributed by atoms with Gasteiger partial charge in [-0.1, -0.05) is 12.1 Å². The smallest absolute Gasteiger partial charge is 0.256 e. The predicted octanol–water partition coefficient (Wildman–Crippen LogP) is 2.16. The highest BCUT2D eigenvalue weighted by Gasteiger charge is 2.34. The lowest BCUT2D eigenvalue weighted by molar-refractivity contribution is -0.131. The van der Waals surface area contributed by atoms with Crippen LogP contribution in [-0.2, 0) is 11.2 Å². The summed E-state index contributed by atoms with van der Waals surface area (Å²) in [6.45, 7) is 0.618. The molecule has 1 aromatic heterocycles. The third-order valence-corrected chi connectivity index (χ3v) is 4.46. The fourth-order valence-corrected chi connectivity index (χ4v) is 3.25. The second-order valence-electron chi connectivity index (χ2n) is 6.45. The Morgan fingerprint density at radius 2 is 2.20 bits per heavy atom. The minimum atomic E-state index is -0.351.